The Morgan fingerprint density at radius 1 is 0.941 bits per heavy atom. The number of rotatable bonds is 4. The van der Waals surface area contributed by atoms with Crippen LogP contribution in [0.5, 0.6) is 11.5 Å². The van der Waals surface area contributed by atoms with Gasteiger partial charge in [0.1, 0.15) is 17.3 Å². The highest BCUT2D eigenvalue weighted by atomic mass is 19.1. The van der Waals surface area contributed by atoms with Crippen LogP contribution in [0.2, 0.25) is 0 Å². The number of para-hydroxylation sites is 1. The van der Waals surface area contributed by atoms with Crippen molar-refractivity contribution in [3.05, 3.63) is 113 Å². The van der Waals surface area contributed by atoms with E-state index in [1.54, 1.807) is 18.2 Å². The van der Waals surface area contributed by atoms with Crippen molar-refractivity contribution in [1.82, 2.24) is 0 Å². The summed E-state index contributed by atoms with van der Waals surface area (Å²) in [4.78, 5) is 15.4. The van der Waals surface area contributed by atoms with Gasteiger partial charge >= 0.3 is 0 Å². The van der Waals surface area contributed by atoms with Gasteiger partial charge < -0.3 is 14.7 Å². The van der Waals surface area contributed by atoms with Gasteiger partial charge in [-0.25, -0.2) is 4.39 Å². The van der Waals surface area contributed by atoms with Crippen LogP contribution >= 0.6 is 0 Å². The predicted octanol–water partition coefficient (Wildman–Crippen LogP) is 5.81. The Labute approximate surface area is 196 Å². The van der Waals surface area contributed by atoms with Gasteiger partial charge in [-0.1, -0.05) is 66.7 Å². The van der Waals surface area contributed by atoms with Crippen molar-refractivity contribution in [2.24, 2.45) is 0 Å². The van der Waals surface area contributed by atoms with E-state index in [1.165, 1.54) is 11.0 Å². The maximum Gasteiger partial charge on any atom is 0.239 e. The number of carbonyl (C=O) groups is 1. The molecule has 1 unspecified atom stereocenters. The van der Waals surface area contributed by atoms with Crippen LogP contribution in [0.3, 0.4) is 0 Å². The minimum atomic E-state index is -0.777. The van der Waals surface area contributed by atoms with Gasteiger partial charge in [0.25, 0.3) is 0 Å². The molecule has 4 nitrogen and oxygen atoms in total. The second-order valence-electron chi connectivity index (χ2n) is 8.68. The summed E-state index contributed by atoms with van der Waals surface area (Å²) < 4.78 is 20.7. The molecule has 1 N–H and O–H groups in total. The first-order valence-electron chi connectivity index (χ1n) is 11.3. The van der Waals surface area contributed by atoms with Crippen LogP contribution in [-0.2, 0) is 17.8 Å². The van der Waals surface area contributed by atoms with E-state index < -0.39 is 11.7 Å². The number of benzene rings is 4. The van der Waals surface area contributed by atoms with Crippen LogP contribution in [0.25, 0.3) is 11.1 Å². The lowest BCUT2D eigenvalue weighted by atomic mass is 9.90. The third-order valence-electron chi connectivity index (χ3n) is 6.69. The maximum absolute atomic E-state index is 15.2. The number of anilines is 1. The smallest absolute Gasteiger partial charge is 0.239 e. The second kappa shape index (κ2) is 8.03. The van der Waals surface area contributed by atoms with Crippen LogP contribution in [0.1, 0.15) is 28.2 Å². The Morgan fingerprint density at radius 2 is 1.74 bits per heavy atom. The Bertz CT molecular complexity index is 1420. The summed E-state index contributed by atoms with van der Waals surface area (Å²) in [6.45, 7) is 0.771. The largest absolute Gasteiger partial charge is 0.507 e. The molecular formula is C29H22FNO3. The number of fused-ring (bicyclic) bond motifs is 2. The molecule has 4 aromatic carbocycles. The van der Waals surface area contributed by atoms with Crippen molar-refractivity contribution in [3.63, 3.8) is 0 Å². The zero-order valence-corrected chi connectivity index (χ0v) is 18.4. The Hall–Kier alpha value is -4.12. The fraction of sp³-hybridized carbons (Fsp3) is 0.138. The number of amides is 1. The quantitative estimate of drug-likeness (QED) is 0.426. The summed E-state index contributed by atoms with van der Waals surface area (Å²) in [7, 11) is 0. The van der Waals surface area contributed by atoms with E-state index in [1.807, 2.05) is 60.7 Å². The molecule has 0 fully saturated rings. The van der Waals surface area contributed by atoms with Crippen molar-refractivity contribution < 1.29 is 19.0 Å². The molecule has 0 aliphatic carbocycles. The predicted molar refractivity (Wildman–Crippen MR) is 129 cm³/mol. The van der Waals surface area contributed by atoms with Crippen molar-refractivity contribution in [1.29, 1.82) is 0 Å². The van der Waals surface area contributed by atoms with Crippen LogP contribution in [0.4, 0.5) is 10.1 Å². The van der Waals surface area contributed by atoms with E-state index in [2.05, 4.69) is 0 Å². The molecular weight excluding hydrogens is 429 g/mol. The molecule has 0 aromatic heterocycles. The SMILES string of the molecule is O=C1C(c2cc3c(cc2O)OCC3)c2cccc(F)c2N1Cc1ccccc1-c1ccccc1. The number of aromatic hydroxyl groups is 1. The van der Waals surface area contributed by atoms with Gasteiger partial charge in [0, 0.05) is 18.1 Å². The van der Waals surface area contributed by atoms with Gasteiger partial charge in [0.15, 0.2) is 0 Å². The lowest BCUT2D eigenvalue weighted by Gasteiger charge is -2.21. The fourth-order valence-electron chi connectivity index (χ4n) is 5.10. The maximum atomic E-state index is 15.2. The van der Waals surface area contributed by atoms with Gasteiger partial charge in [-0.05, 0) is 39.9 Å². The van der Waals surface area contributed by atoms with E-state index >= 15 is 4.39 Å². The number of hydrogen-bond donors (Lipinski definition) is 1. The number of halogens is 1. The molecule has 6 rings (SSSR count). The average Bonchev–Trinajstić information content (AvgIpc) is 3.42. The third-order valence-corrected chi connectivity index (χ3v) is 6.69. The molecule has 34 heavy (non-hydrogen) atoms. The molecule has 4 aromatic rings. The normalized spacial score (nSPS) is 16.3. The van der Waals surface area contributed by atoms with Gasteiger partial charge in [-0.2, -0.15) is 0 Å². The van der Waals surface area contributed by atoms with Crippen molar-refractivity contribution >= 4 is 11.6 Å². The molecule has 0 bridgehead atoms. The molecule has 2 aliphatic heterocycles. The Kier molecular flexibility index (Phi) is 4.84. The fourth-order valence-corrected chi connectivity index (χ4v) is 5.10. The molecule has 1 amide bonds. The van der Waals surface area contributed by atoms with Crippen LogP contribution in [-0.4, -0.2) is 17.6 Å². The number of phenolic OH excluding ortho intramolecular Hbond substituents is 1. The zero-order valence-electron chi connectivity index (χ0n) is 18.4. The summed E-state index contributed by atoms with van der Waals surface area (Å²) in [6, 6.07) is 26.0. The van der Waals surface area contributed by atoms with Gasteiger partial charge in [-0.15, -0.1) is 0 Å². The van der Waals surface area contributed by atoms with E-state index in [4.69, 9.17) is 4.74 Å². The molecule has 0 spiro atoms. The van der Waals surface area contributed by atoms with E-state index in [0.29, 0.717) is 29.9 Å². The van der Waals surface area contributed by atoms with Crippen molar-refractivity contribution in [3.8, 4) is 22.6 Å². The molecule has 2 aliphatic rings. The molecule has 5 heteroatoms. The highest BCUT2D eigenvalue weighted by Gasteiger charge is 2.42. The summed E-state index contributed by atoms with van der Waals surface area (Å²) in [5, 5.41) is 10.8. The standard InChI is InChI=1S/C29H22FNO3/c30-24-12-6-11-22-27(23-15-19-13-14-34-26(19)16-25(23)32)29(33)31(28(22)24)17-20-9-4-5-10-21(20)18-7-2-1-3-8-18/h1-12,15-16,27,32H,13-14,17H2. The minimum Gasteiger partial charge on any atom is -0.507 e. The number of carbonyl (C=O) groups excluding carboxylic acids is 1. The molecule has 168 valence electrons. The van der Waals surface area contributed by atoms with Crippen molar-refractivity contribution in [2.45, 2.75) is 18.9 Å². The Balaban J connectivity index is 1.45. The zero-order chi connectivity index (χ0) is 23.2. The summed E-state index contributed by atoms with van der Waals surface area (Å²) in [5.74, 6) is -0.854. The topological polar surface area (TPSA) is 49.8 Å². The summed E-state index contributed by atoms with van der Waals surface area (Å²) in [6.07, 6.45) is 0.716. The first-order valence-corrected chi connectivity index (χ1v) is 11.3. The molecule has 2 heterocycles. The number of hydrogen-bond acceptors (Lipinski definition) is 3. The molecule has 1 atom stereocenters. The lowest BCUT2D eigenvalue weighted by molar-refractivity contribution is -0.118. The lowest BCUT2D eigenvalue weighted by Crippen LogP contribution is -2.29. The summed E-state index contributed by atoms with van der Waals surface area (Å²) >= 11 is 0. The van der Waals surface area contributed by atoms with Crippen molar-refractivity contribution in [2.75, 3.05) is 11.5 Å². The highest BCUT2D eigenvalue weighted by molar-refractivity contribution is 6.07. The second-order valence-corrected chi connectivity index (χ2v) is 8.68. The minimum absolute atomic E-state index is 0.0132. The van der Waals surface area contributed by atoms with Crippen LogP contribution < -0.4 is 9.64 Å². The summed E-state index contributed by atoms with van der Waals surface area (Å²) in [5.41, 5.74) is 5.23. The molecule has 0 saturated heterocycles. The van der Waals surface area contributed by atoms with E-state index in [0.717, 1.165) is 22.3 Å². The first-order chi connectivity index (χ1) is 16.6. The van der Waals surface area contributed by atoms with E-state index in [-0.39, 0.29) is 23.9 Å². The number of phenols is 1. The van der Waals surface area contributed by atoms with Crippen LogP contribution in [0.15, 0.2) is 84.9 Å². The van der Waals surface area contributed by atoms with Gasteiger partial charge in [0.2, 0.25) is 5.91 Å². The monoisotopic (exact) mass is 451 g/mol. The molecule has 0 radical (unpaired) electrons. The van der Waals surface area contributed by atoms with Gasteiger partial charge in [-0.3, -0.25) is 4.79 Å². The average molecular weight is 451 g/mol. The number of nitrogens with zero attached hydrogens (tertiary/aromatic N) is 1. The number of ether oxygens (including phenoxy) is 1. The van der Waals surface area contributed by atoms with E-state index in [9.17, 15) is 9.90 Å². The van der Waals surface area contributed by atoms with Gasteiger partial charge in [0.05, 0.1) is 24.8 Å². The first kappa shape index (κ1) is 20.5. The van der Waals surface area contributed by atoms with Crippen LogP contribution in [0, 0.1) is 5.82 Å². The highest BCUT2D eigenvalue weighted by Crippen LogP contribution is 2.47. The third kappa shape index (κ3) is 3.24. The molecule has 0 saturated carbocycles. The Morgan fingerprint density at radius 3 is 2.59 bits per heavy atom.